The summed E-state index contributed by atoms with van der Waals surface area (Å²) in [6, 6.07) is 2.12. The molecule has 1 aliphatic carbocycles. The normalized spacial score (nSPS) is 25.6. The fourth-order valence-electron chi connectivity index (χ4n) is 1.73. The molecule has 1 saturated heterocycles. The quantitative estimate of drug-likeness (QED) is 0.561. The number of amides is 1. The standard InChI is InChI=1S/C9H14N4O/c10-7-9(1-2-9)8(14)12-3-5-13(11)6-4-12/h1-6,11H2. The number of nitriles is 1. The minimum Gasteiger partial charge on any atom is -0.339 e. The third-order valence-electron chi connectivity index (χ3n) is 2.97. The minimum absolute atomic E-state index is 0.00750. The van der Waals surface area contributed by atoms with Crippen LogP contribution < -0.4 is 5.84 Å². The molecule has 0 spiro atoms. The van der Waals surface area contributed by atoms with Gasteiger partial charge in [-0.1, -0.05) is 0 Å². The lowest BCUT2D eigenvalue weighted by Crippen LogP contribution is -2.52. The summed E-state index contributed by atoms with van der Waals surface area (Å²) >= 11 is 0. The van der Waals surface area contributed by atoms with Crippen LogP contribution in [0.5, 0.6) is 0 Å². The lowest BCUT2D eigenvalue weighted by atomic mass is 10.1. The van der Waals surface area contributed by atoms with Crippen LogP contribution in [0.3, 0.4) is 0 Å². The maximum atomic E-state index is 11.9. The van der Waals surface area contributed by atoms with E-state index in [1.165, 1.54) is 0 Å². The number of nitrogens with two attached hydrogens (primary N) is 1. The molecule has 1 heterocycles. The second kappa shape index (κ2) is 3.23. The number of hydrazine groups is 1. The molecule has 14 heavy (non-hydrogen) atoms. The van der Waals surface area contributed by atoms with Crippen LogP contribution in [0, 0.1) is 16.7 Å². The van der Waals surface area contributed by atoms with Gasteiger partial charge in [-0.15, -0.1) is 0 Å². The molecular formula is C9H14N4O. The highest BCUT2D eigenvalue weighted by Crippen LogP contribution is 2.46. The zero-order valence-corrected chi connectivity index (χ0v) is 8.07. The number of rotatable bonds is 1. The highest BCUT2D eigenvalue weighted by molar-refractivity contribution is 5.88. The van der Waals surface area contributed by atoms with Gasteiger partial charge in [-0.25, -0.2) is 5.01 Å². The van der Waals surface area contributed by atoms with Crippen LogP contribution in [-0.2, 0) is 4.79 Å². The average molecular weight is 194 g/mol. The first kappa shape index (κ1) is 9.44. The van der Waals surface area contributed by atoms with Gasteiger partial charge in [0.1, 0.15) is 5.41 Å². The van der Waals surface area contributed by atoms with E-state index in [4.69, 9.17) is 11.1 Å². The van der Waals surface area contributed by atoms with Crippen molar-refractivity contribution in [1.29, 1.82) is 5.26 Å². The number of carbonyl (C=O) groups excluding carboxylic acids is 1. The number of nitrogens with zero attached hydrogens (tertiary/aromatic N) is 3. The summed E-state index contributed by atoms with van der Waals surface area (Å²) in [5, 5.41) is 10.6. The lowest BCUT2D eigenvalue weighted by Gasteiger charge is -2.33. The van der Waals surface area contributed by atoms with Crippen molar-refractivity contribution in [3.8, 4) is 6.07 Å². The van der Waals surface area contributed by atoms with Gasteiger partial charge in [-0.2, -0.15) is 5.26 Å². The molecule has 0 radical (unpaired) electrons. The maximum Gasteiger partial charge on any atom is 0.243 e. The topological polar surface area (TPSA) is 73.4 Å². The van der Waals surface area contributed by atoms with Crippen molar-refractivity contribution in [3.05, 3.63) is 0 Å². The minimum atomic E-state index is -0.670. The van der Waals surface area contributed by atoms with Gasteiger partial charge >= 0.3 is 0 Å². The summed E-state index contributed by atoms with van der Waals surface area (Å²) < 4.78 is 0. The molecule has 2 fully saturated rings. The molecule has 2 rings (SSSR count). The number of hydrogen-bond acceptors (Lipinski definition) is 4. The van der Waals surface area contributed by atoms with Gasteiger partial charge in [0.25, 0.3) is 0 Å². The van der Waals surface area contributed by atoms with E-state index in [-0.39, 0.29) is 5.91 Å². The SMILES string of the molecule is N#CC1(C(=O)N2CCN(N)CC2)CC1. The van der Waals surface area contributed by atoms with Gasteiger partial charge in [0, 0.05) is 26.2 Å². The van der Waals surface area contributed by atoms with Crippen molar-refractivity contribution in [1.82, 2.24) is 9.91 Å². The van der Waals surface area contributed by atoms with Gasteiger partial charge in [-0.3, -0.25) is 10.6 Å². The summed E-state index contributed by atoms with van der Waals surface area (Å²) in [7, 11) is 0. The summed E-state index contributed by atoms with van der Waals surface area (Å²) in [6.07, 6.45) is 1.45. The third kappa shape index (κ3) is 1.47. The molecule has 5 heteroatoms. The van der Waals surface area contributed by atoms with Crippen LogP contribution in [0.2, 0.25) is 0 Å². The van der Waals surface area contributed by atoms with Gasteiger partial charge in [0.15, 0.2) is 0 Å². The van der Waals surface area contributed by atoms with Crippen LogP contribution in [-0.4, -0.2) is 42.0 Å². The molecule has 1 aliphatic heterocycles. The van der Waals surface area contributed by atoms with Crippen molar-refractivity contribution < 1.29 is 4.79 Å². The van der Waals surface area contributed by atoms with Crippen LogP contribution in [0.4, 0.5) is 0 Å². The van der Waals surface area contributed by atoms with Crippen molar-refractivity contribution in [3.63, 3.8) is 0 Å². The highest BCUT2D eigenvalue weighted by Gasteiger charge is 2.52. The molecule has 76 valence electrons. The number of carbonyl (C=O) groups is 1. The second-order valence-corrected chi connectivity index (χ2v) is 4.02. The molecule has 0 aromatic carbocycles. The average Bonchev–Trinajstić information content (AvgIpc) is 2.99. The molecule has 0 aromatic rings. The molecule has 1 saturated carbocycles. The molecule has 2 aliphatic rings. The van der Waals surface area contributed by atoms with E-state index >= 15 is 0 Å². The first-order valence-corrected chi connectivity index (χ1v) is 4.88. The van der Waals surface area contributed by atoms with E-state index in [0.29, 0.717) is 26.2 Å². The number of hydrogen-bond donors (Lipinski definition) is 1. The summed E-state index contributed by atoms with van der Waals surface area (Å²) in [4.78, 5) is 13.6. The largest absolute Gasteiger partial charge is 0.339 e. The Hall–Kier alpha value is -1.12. The van der Waals surface area contributed by atoms with Crippen molar-refractivity contribution in [2.45, 2.75) is 12.8 Å². The Morgan fingerprint density at radius 3 is 2.29 bits per heavy atom. The van der Waals surface area contributed by atoms with E-state index in [2.05, 4.69) is 6.07 Å². The fourth-order valence-corrected chi connectivity index (χ4v) is 1.73. The first-order valence-electron chi connectivity index (χ1n) is 4.88. The summed E-state index contributed by atoms with van der Waals surface area (Å²) in [5.74, 6) is 5.59. The Morgan fingerprint density at radius 1 is 1.29 bits per heavy atom. The van der Waals surface area contributed by atoms with Crippen molar-refractivity contribution >= 4 is 5.91 Å². The molecule has 1 amide bonds. The zero-order chi connectivity index (χ0) is 10.2. The van der Waals surface area contributed by atoms with Crippen molar-refractivity contribution in [2.24, 2.45) is 11.3 Å². The van der Waals surface area contributed by atoms with Crippen LogP contribution >= 0.6 is 0 Å². The summed E-state index contributed by atoms with van der Waals surface area (Å²) in [6.45, 7) is 2.71. The Kier molecular flexibility index (Phi) is 2.17. The Labute approximate surface area is 83.0 Å². The predicted octanol–water partition coefficient (Wildman–Crippen LogP) is -0.692. The smallest absolute Gasteiger partial charge is 0.243 e. The summed E-state index contributed by atoms with van der Waals surface area (Å²) in [5.41, 5.74) is -0.670. The fraction of sp³-hybridized carbons (Fsp3) is 0.778. The Balaban J connectivity index is 1.97. The number of piperazine rings is 1. The molecule has 2 N–H and O–H groups in total. The molecule has 5 nitrogen and oxygen atoms in total. The lowest BCUT2D eigenvalue weighted by molar-refractivity contribution is -0.136. The van der Waals surface area contributed by atoms with Gasteiger partial charge in [0.05, 0.1) is 6.07 Å². The predicted molar refractivity (Wildman–Crippen MR) is 49.6 cm³/mol. The van der Waals surface area contributed by atoms with Gasteiger partial charge in [0.2, 0.25) is 5.91 Å². The Bertz CT molecular complexity index is 284. The van der Waals surface area contributed by atoms with Crippen LogP contribution in [0.25, 0.3) is 0 Å². The van der Waals surface area contributed by atoms with Gasteiger partial charge in [-0.05, 0) is 12.8 Å². The van der Waals surface area contributed by atoms with E-state index in [1.54, 1.807) is 9.91 Å². The van der Waals surface area contributed by atoms with E-state index in [0.717, 1.165) is 12.8 Å². The van der Waals surface area contributed by atoms with Crippen LogP contribution in [0.15, 0.2) is 0 Å². The van der Waals surface area contributed by atoms with Gasteiger partial charge < -0.3 is 4.90 Å². The molecule has 0 atom stereocenters. The molecule has 0 bridgehead atoms. The van der Waals surface area contributed by atoms with E-state index in [1.807, 2.05) is 0 Å². The van der Waals surface area contributed by atoms with Crippen LogP contribution in [0.1, 0.15) is 12.8 Å². The first-order chi connectivity index (χ1) is 6.68. The van der Waals surface area contributed by atoms with E-state index < -0.39 is 5.41 Å². The molecule has 0 unspecified atom stereocenters. The molecular weight excluding hydrogens is 180 g/mol. The molecule has 0 aromatic heterocycles. The second-order valence-electron chi connectivity index (χ2n) is 4.02. The van der Waals surface area contributed by atoms with Crippen molar-refractivity contribution in [2.75, 3.05) is 26.2 Å². The monoisotopic (exact) mass is 194 g/mol. The maximum absolute atomic E-state index is 11.9. The van der Waals surface area contributed by atoms with E-state index in [9.17, 15) is 4.79 Å². The zero-order valence-electron chi connectivity index (χ0n) is 8.07. The Morgan fingerprint density at radius 2 is 1.86 bits per heavy atom. The highest BCUT2D eigenvalue weighted by atomic mass is 16.2. The third-order valence-corrected chi connectivity index (χ3v) is 2.97.